The van der Waals surface area contributed by atoms with Crippen LogP contribution in [0.2, 0.25) is 0 Å². The van der Waals surface area contributed by atoms with Crippen molar-refractivity contribution in [3.63, 3.8) is 0 Å². The monoisotopic (exact) mass is 282 g/mol. The van der Waals surface area contributed by atoms with Crippen LogP contribution in [0.25, 0.3) is 22.6 Å². The molecule has 0 aliphatic carbocycles. The maximum atomic E-state index is 9.36. The van der Waals surface area contributed by atoms with Gasteiger partial charge < -0.3 is 14.7 Å². The van der Waals surface area contributed by atoms with Gasteiger partial charge in [-0.15, -0.1) is 0 Å². The number of hydrogen-bond acceptors (Lipinski definition) is 5. The molecule has 0 saturated carbocycles. The lowest BCUT2D eigenvalue weighted by molar-refractivity contribution is 0.433. The SMILES string of the molecule is CCc1c(-c2ccc(O)nc2)noc1-c1ccc(O)cc1. The van der Waals surface area contributed by atoms with Crippen LogP contribution < -0.4 is 0 Å². The zero-order chi connectivity index (χ0) is 14.8. The number of pyridine rings is 1. The van der Waals surface area contributed by atoms with E-state index < -0.39 is 0 Å². The Labute approximate surface area is 121 Å². The highest BCUT2D eigenvalue weighted by Crippen LogP contribution is 2.33. The van der Waals surface area contributed by atoms with Crippen molar-refractivity contribution in [2.45, 2.75) is 13.3 Å². The van der Waals surface area contributed by atoms with Crippen LogP contribution in [0.4, 0.5) is 0 Å². The molecule has 1 aromatic carbocycles. The predicted octanol–water partition coefficient (Wildman–Crippen LogP) is 3.38. The van der Waals surface area contributed by atoms with E-state index in [1.165, 1.54) is 6.07 Å². The van der Waals surface area contributed by atoms with Gasteiger partial charge in [-0.3, -0.25) is 0 Å². The van der Waals surface area contributed by atoms with Crippen molar-refractivity contribution < 1.29 is 14.7 Å². The molecule has 2 N–H and O–H groups in total. The fraction of sp³-hybridized carbons (Fsp3) is 0.125. The van der Waals surface area contributed by atoms with Crippen LogP contribution >= 0.6 is 0 Å². The first-order chi connectivity index (χ1) is 10.2. The molecule has 0 spiro atoms. The summed E-state index contributed by atoms with van der Waals surface area (Å²) in [6, 6.07) is 10.1. The van der Waals surface area contributed by atoms with Gasteiger partial charge in [0.15, 0.2) is 5.76 Å². The van der Waals surface area contributed by atoms with E-state index in [4.69, 9.17) is 4.52 Å². The van der Waals surface area contributed by atoms with E-state index in [0.717, 1.165) is 23.1 Å². The zero-order valence-electron chi connectivity index (χ0n) is 11.4. The second-order valence-corrected chi connectivity index (χ2v) is 4.64. The van der Waals surface area contributed by atoms with Gasteiger partial charge in [0.05, 0.1) is 0 Å². The molecule has 0 fully saturated rings. The highest BCUT2D eigenvalue weighted by atomic mass is 16.5. The summed E-state index contributed by atoms with van der Waals surface area (Å²) in [5, 5.41) is 22.7. The standard InChI is InChI=1S/C16H14N2O3/c1-2-13-15(11-5-8-14(20)17-9-11)18-21-16(13)10-3-6-12(19)7-4-10/h3-9,19H,2H2,1H3,(H,17,20). The van der Waals surface area contributed by atoms with Crippen molar-refractivity contribution in [2.24, 2.45) is 0 Å². The van der Waals surface area contributed by atoms with Crippen molar-refractivity contribution in [2.75, 3.05) is 0 Å². The Balaban J connectivity index is 2.08. The second kappa shape index (κ2) is 5.28. The van der Waals surface area contributed by atoms with Crippen molar-refractivity contribution in [1.82, 2.24) is 10.1 Å². The number of hydrogen-bond donors (Lipinski definition) is 2. The summed E-state index contributed by atoms with van der Waals surface area (Å²) < 4.78 is 5.48. The molecule has 0 atom stereocenters. The smallest absolute Gasteiger partial charge is 0.210 e. The van der Waals surface area contributed by atoms with Crippen LogP contribution in [0, 0.1) is 0 Å². The van der Waals surface area contributed by atoms with Gasteiger partial charge in [0.1, 0.15) is 11.4 Å². The molecule has 2 heterocycles. The van der Waals surface area contributed by atoms with Crippen LogP contribution in [0.1, 0.15) is 12.5 Å². The number of benzene rings is 1. The molecule has 0 aliphatic rings. The van der Waals surface area contributed by atoms with Gasteiger partial charge >= 0.3 is 0 Å². The Kier molecular flexibility index (Phi) is 3.31. The topological polar surface area (TPSA) is 79.4 Å². The van der Waals surface area contributed by atoms with Gasteiger partial charge in [0.2, 0.25) is 5.88 Å². The molecule has 0 radical (unpaired) electrons. The van der Waals surface area contributed by atoms with Crippen LogP contribution in [0.3, 0.4) is 0 Å². The van der Waals surface area contributed by atoms with Gasteiger partial charge in [-0.05, 0) is 36.8 Å². The molecule has 3 rings (SSSR count). The Morgan fingerprint density at radius 3 is 2.33 bits per heavy atom. The van der Waals surface area contributed by atoms with Gasteiger partial charge in [-0.25, -0.2) is 4.98 Å². The summed E-state index contributed by atoms with van der Waals surface area (Å²) in [5.41, 5.74) is 3.33. The van der Waals surface area contributed by atoms with Crippen LogP contribution in [-0.2, 0) is 6.42 Å². The first-order valence-corrected chi connectivity index (χ1v) is 6.62. The normalized spacial score (nSPS) is 10.7. The van der Waals surface area contributed by atoms with Crippen molar-refractivity contribution in [3.05, 3.63) is 48.2 Å². The third-order valence-electron chi connectivity index (χ3n) is 3.29. The molecule has 0 saturated heterocycles. The Bertz CT molecular complexity index is 683. The fourth-order valence-corrected chi connectivity index (χ4v) is 2.23. The summed E-state index contributed by atoms with van der Waals surface area (Å²) in [7, 11) is 0. The molecule has 3 aromatic rings. The van der Waals surface area contributed by atoms with E-state index in [-0.39, 0.29) is 11.6 Å². The molecule has 21 heavy (non-hydrogen) atoms. The second-order valence-electron chi connectivity index (χ2n) is 4.64. The minimum Gasteiger partial charge on any atom is -0.508 e. The zero-order valence-corrected chi connectivity index (χ0v) is 11.4. The highest BCUT2D eigenvalue weighted by Gasteiger charge is 2.17. The maximum absolute atomic E-state index is 9.36. The van der Waals surface area contributed by atoms with Crippen LogP contribution in [0.15, 0.2) is 47.1 Å². The first-order valence-electron chi connectivity index (χ1n) is 6.62. The average Bonchev–Trinajstić information content (AvgIpc) is 2.92. The minimum absolute atomic E-state index is 0.0287. The van der Waals surface area contributed by atoms with E-state index >= 15 is 0 Å². The number of phenolic OH excluding ortho intramolecular Hbond substituents is 1. The molecule has 0 amide bonds. The molecule has 106 valence electrons. The Hall–Kier alpha value is -2.82. The fourth-order valence-electron chi connectivity index (χ4n) is 2.23. The van der Waals surface area contributed by atoms with Crippen LogP contribution in [0.5, 0.6) is 11.6 Å². The highest BCUT2D eigenvalue weighted by molar-refractivity contribution is 5.72. The third-order valence-corrected chi connectivity index (χ3v) is 3.29. The number of aromatic hydroxyl groups is 2. The van der Waals surface area contributed by atoms with Gasteiger partial charge in [-0.1, -0.05) is 12.1 Å². The molecular weight excluding hydrogens is 268 g/mol. The molecule has 5 heteroatoms. The van der Waals surface area contributed by atoms with E-state index in [2.05, 4.69) is 10.1 Å². The maximum Gasteiger partial charge on any atom is 0.210 e. The lowest BCUT2D eigenvalue weighted by atomic mass is 10.0. The first kappa shape index (κ1) is 13.2. The van der Waals surface area contributed by atoms with Gasteiger partial charge in [0, 0.05) is 29.0 Å². The Morgan fingerprint density at radius 1 is 1.00 bits per heavy atom. The summed E-state index contributed by atoms with van der Waals surface area (Å²) in [5.74, 6) is 0.860. The van der Waals surface area contributed by atoms with Gasteiger partial charge in [-0.2, -0.15) is 0 Å². The molecule has 0 unspecified atom stereocenters. The number of phenols is 1. The number of rotatable bonds is 3. The summed E-state index contributed by atoms with van der Waals surface area (Å²) in [6.45, 7) is 2.02. The third kappa shape index (κ3) is 2.45. The number of aromatic nitrogens is 2. The lowest BCUT2D eigenvalue weighted by Gasteiger charge is -2.02. The van der Waals surface area contributed by atoms with E-state index in [1.54, 1.807) is 36.5 Å². The van der Waals surface area contributed by atoms with Crippen molar-refractivity contribution in [3.8, 4) is 34.2 Å². The Morgan fingerprint density at radius 2 is 1.71 bits per heavy atom. The molecule has 5 nitrogen and oxygen atoms in total. The molecule has 0 aliphatic heterocycles. The summed E-state index contributed by atoms with van der Waals surface area (Å²) in [6.07, 6.45) is 2.31. The van der Waals surface area contributed by atoms with E-state index in [1.807, 2.05) is 6.92 Å². The lowest BCUT2D eigenvalue weighted by Crippen LogP contribution is -1.88. The van der Waals surface area contributed by atoms with E-state index in [9.17, 15) is 10.2 Å². The van der Waals surface area contributed by atoms with Crippen LogP contribution in [-0.4, -0.2) is 20.4 Å². The summed E-state index contributed by atoms with van der Waals surface area (Å²) in [4.78, 5) is 3.87. The largest absolute Gasteiger partial charge is 0.508 e. The number of nitrogens with zero attached hydrogens (tertiary/aromatic N) is 2. The predicted molar refractivity (Wildman–Crippen MR) is 77.9 cm³/mol. The minimum atomic E-state index is -0.0287. The molecular formula is C16H14N2O3. The van der Waals surface area contributed by atoms with Crippen molar-refractivity contribution in [1.29, 1.82) is 0 Å². The molecule has 0 bridgehead atoms. The molecule has 2 aromatic heterocycles. The van der Waals surface area contributed by atoms with Crippen molar-refractivity contribution >= 4 is 0 Å². The summed E-state index contributed by atoms with van der Waals surface area (Å²) >= 11 is 0. The average molecular weight is 282 g/mol. The van der Waals surface area contributed by atoms with Gasteiger partial charge in [0.25, 0.3) is 0 Å². The van der Waals surface area contributed by atoms with E-state index in [0.29, 0.717) is 11.5 Å². The quantitative estimate of drug-likeness (QED) is 0.769.